The summed E-state index contributed by atoms with van der Waals surface area (Å²) in [5, 5.41) is 10.3. The maximum absolute atomic E-state index is 11.9. The van der Waals surface area contributed by atoms with Crippen molar-refractivity contribution in [2.45, 2.75) is 86.9 Å². The van der Waals surface area contributed by atoms with Crippen molar-refractivity contribution < 1.29 is 61.9 Å². The number of hydrogen-bond acceptors (Lipinski definition) is 14. The summed E-state index contributed by atoms with van der Waals surface area (Å²) in [5.41, 5.74) is 4.82. The third kappa shape index (κ3) is 16.7. The average Bonchev–Trinajstić information content (AvgIpc) is 3.62. The summed E-state index contributed by atoms with van der Waals surface area (Å²) >= 11 is 0. The molecular weight excluding hydrogens is 698 g/mol. The summed E-state index contributed by atoms with van der Waals surface area (Å²) in [6.07, 6.45) is -3.88. The molecular formula is C29H62N8O11P2. The van der Waals surface area contributed by atoms with Crippen molar-refractivity contribution in [3.8, 4) is 0 Å². The molecule has 0 saturated carbocycles. The van der Waals surface area contributed by atoms with Gasteiger partial charge in [0.25, 0.3) is 13.4 Å². The molecule has 2 aromatic rings. The number of aromatic nitrogens is 4. The molecule has 1 fully saturated rings. The number of imidazole rings is 1. The van der Waals surface area contributed by atoms with E-state index in [9.17, 15) is 33.7 Å². The quantitative estimate of drug-likeness (QED) is 0.0895. The zero-order valence-corrected chi connectivity index (χ0v) is 33.1. The van der Waals surface area contributed by atoms with Crippen LogP contribution in [0.3, 0.4) is 0 Å². The molecule has 3 heterocycles. The number of nitrogens with one attached hydrogen (secondary N) is 4. The Kier molecular flexibility index (Phi) is 23.5. The van der Waals surface area contributed by atoms with E-state index in [4.69, 9.17) is 15.2 Å². The molecule has 0 radical (unpaired) electrons. The van der Waals surface area contributed by atoms with Crippen LogP contribution < -0.4 is 40.7 Å². The number of nitrogens with zero attached hydrogens (tertiary/aromatic N) is 3. The minimum atomic E-state index is -5.86. The van der Waals surface area contributed by atoms with Crippen molar-refractivity contribution in [1.82, 2.24) is 19.5 Å². The number of nitrogen functional groups attached to an aromatic ring is 1. The van der Waals surface area contributed by atoms with E-state index in [0.29, 0.717) is 0 Å². The maximum Gasteiger partial charge on any atom is 0.280 e. The monoisotopic (exact) mass is 760 g/mol. The molecule has 0 bridgehead atoms. The van der Waals surface area contributed by atoms with Gasteiger partial charge in [-0.2, -0.15) is 4.98 Å². The molecule has 50 heavy (non-hydrogen) atoms. The maximum atomic E-state index is 11.9. The van der Waals surface area contributed by atoms with Crippen LogP contribution in [-0.4, -0.2) is 116 Å². The summed E-state index contributed by atoms with van der Waals surface area (Å²) in [5.74, 6) is -0.208. The second-order valence-electron chi connectivity index (χ2n) is 11.2. The van der Waals surface area contributed by atoms with Crippen LogP contribution in [0.15, 0.2) is 11.1 Å². The van der Waals surface area contributed by atoms with Crippen LogP contribution in [0.4, 0.5) is 5.95 Å². The number of nitrogens with two attached hydrogens (primary N) is 1. The Balaban J connectivity index is 0.000000928. The van der Waals surface area contributed by atoms with E-state index < -0.39 is 52.4 Å². The highest BCUT2D eigenvalue weighted by molar-refractivity contribution is 7.58. The number of aliphatic hydroxyl groups is 1. The van der Waals surface area contributed by atoms with Gasteiger partial charge in [0.05, 0.1) is 79.7 Å². The van der Waals surface area contributed by atoms with Gasteiger partial charge in [0, 0.05) is 7.11 Å². The summed E-state index contributed by atoms with van der Waals surface area (Å²) in [6, 6.07) is 0. The van der Waals surface area contributed by atoms with Gasteiger partial charge in [0.15, 0.2) is 17.4 Å². The molecule has 2 aromatic heterocycles. The highest BCUT2D eigenvalue weighted by atomic mass is 31.3. The van der Waals surface area contributed by atoms with Crippen molar-refractivity contribution in [2.75, 3.05) is 78.4 Å². The standard InChI is InChI=1S/C11H17N5O11P2.3C6H15N/c1-24-7-6(17)4(2-25-29(22,23)27-28(19,20)21)26-10(7)16-3-13-5-8(16)14-11(12)15-9(5)18;3*1-4-7(5-2)6-3/h3-4,6-7,10,17H,2H2,1H3,(H,22,23)(H2,19,20,21)(H3,12,14,15,18);3*4-6H2,1-3H3/t4-,6-,7-,10-;;;/m1.../s1. The highest BCUT2D eigenvalue weighted by Gasteiger charge is 2.46. The van der Waals surface area contributed by atoms with E-state index in [0.717, 1.165) is 0 Å². The number of hydrogen-bond donors (Lipinski definition) is 6. The SMILES string of the molecule is CC[NH+](CC)CC.CC[NH+](CC)CC.CC[NH+](CC)CC.CO[C@@H]1[C@H](O)[C@@H](COP(=O)([O-])OP(=O)([O-])[O-])O[C@H]1n1cnc2c(=O)[nH]c(N)nc21. The zero-order chi connectivity index (χ0) is 38.7. The van der Waals surface area contributed by atoms with Gasteiger partial charge < -0.3 is 58.8 Å². The highest BCUT2D eigenvalue weighted by Crippen LogP contribution is 2.50. The first-order chi connectivity index (χ1) is 23.5. The van der Waals surface area contributed by atoms with Crippen LogP contribution in [0, 0.1) is 0 Å². The van der Waals surface area contributed by atoms with Crippen LogP contribution >= 0.6 is 15.6 Å². The molecule has 1 aliphatic heterocycles. The Hall–Kier alpha value is -1.83. The summed E-state index contributed by atoms with van der Waals surface area (Å²) < 4.78 is 41.4. The van der Waals surface area contributed by atoms with E-state index in [1.54, 1.807) is 14.7 Å². The molecule has 0 spiro atoms. The number of H-pyrrole nitrogens is 1. The summed E-state index contributed by atoms with van der Waals surface area (Å²) in [7, 11) is -10.2. The Morgan fingerprint density at radius 2 is 1.34 bits per heavy atom. The number of anilines is 1. The second kappa shape index (κ2) is 24.4. The van der Waals surface area contributed by atoms with Gasteiger partial charge in [0.1, 0.15) is 18.3 Å². The number of phosphoric ester groups is 1. The van der Waals surface area contributed by atoms with Crippen LogP contribution in [0.2, 0.25) is 0 Å². The molecule has 1 unspecified atom stereocenters. The predicted molar refractivity (Wildman–Crippen MR) is 183 cm³/mol. The summed E-state index contributed by atoms with van der Waals surface area (Å²) in [4.78, 5) is 59.3. The third-order valence-electron chi connectivity index (χ3n) is 8.41. The molecule has 294 valence electrons. The van der Waals surface area contributed by atoms with Crippen molar-refractivity contribution in [3.63, 3.8) is 0 Å². The molecule has 0 aromatic carbocycles. The van der Waals surface area contributed by atoms with Crippen LogP contribution in [-0.2, 0) is 27.4 Å². The van der Waals surface area contributed by atoms with E-state index >= 15 is 0 Å². The Morgan fingerprint density at radius 3 is 1.70 bits per heavy atom. The van der Waals surface area contributed by atoms with Gasteiger partial charge in [-0.1, -0.05) is 0 Å². The van der Waals surface area contributed by atoms with Crippen molar-refractivity contribution >= 4 is 32.8 Å². The fraction of sp³-hybridized carbons (Fsp3) is 0.828. The molecule has 0 aliphatic carbocycles. The number of rotatable bonds is 16. The number of fused-ring (bicyclic) bond motifs is 1. The normalized spacial score (nSPS) is 20.2. The fourth-order valence-electron chi connectivity index (χ4n) is 5.02. The molecule has 1 saturated heterocycles. The van der Waals surface area contributed by atoms with E-state index in [-0.39, 0.29) is 17.1 Å². The third-order valence-corrected chi connectivity index (χ3v) is 10.5. The van der Waals surface area contributed by atoms with E-state index in [2.05, 4.69) is 86.1 Å². The number of quaternary nitrogens is 3. The smallest absolute Gasteiger partial charge is 0.280 e. The van der Waals surface area contributed by atoms with Crippen molar-refractivity contribution in [1.29, 1.82) is 0 Å². The van der Waals surface area contributed by atoms with E-state index in [1.165, 1.54) is 76.9 Å². The first kappa shape index (κ1) is 48.2. The van der Waals surface area contributed by atoms with Gasteiger partial charge in [-0.05, 0) is 62.3 Å². The molecule has 7 N–H and O–H groups in total. The fourth-order valence-corrected chi connectivity index (χ4v) is 6.52. The van der Waals surface area contributed by atoms with Crippen LogP contribution in [0.25, 0.3) is 11.2 Å². The van der Waals surface area contributed by atoms with Gasteiger partial charge in [-0.3, -0.25) is 23.2 Å². The number of phosphoric acid groups is 2. The Morgan fingerprint density at radius 1 is 0.900 bits per heavy atom. The van der Waals surface area contributed by atoms with Gasteiger partial charge in [-0.15, -0.1) is 0 Å². The topological polar surface area (TPSA) is 263 Å². The number of aliphatic hydroxyl groups excluding tert-OH is 1. The minimum Gasteiger partial charge on any atom is -0.790 e. The van der Waals surface area contributed by atoms with Crippen molar-refractivity contribution in [2.24, 2.45) is 0 Å². The van der Waals surface area contributed by atoms with Crippen molar-refractivity contribution in [3.05, 3.63) is 16.7 Å². The lowest BCUT2D eigenvalue weighted by atomic mass is 10.1. The first-order valence-electron chi connectivity index (χ1n) is 17.2. The molecule has 21 heteroatoms. The summed E-state index contributed by atoms with van der Waals surface area (Å²) in [6.45, 7) is 30.6. The largest absolute Gasteiger partial charge is 0.790 e. The molecule has 0 amide bonds. The number of methoxy groups -OCH3 is 1. The van der Waals surface area contributed by atoms with Crippen LogP contribution in [0.5, 0.6) is 0 Å². The molecule has 5 atom stereocenters. The number of aromatic amines is 1. The van der Waals surface area contributed by atoms with Gasteiger partial charge in [-0.25, -0.2) is 4.98 Å². The lowest BCUT2D eigenvalue weighted by Crippen LogP contribution is -3.11. The Bertz CT molecular complexity index is 1310. The first-order valence-corrected chi connectivity index (χ1v) is 20.2. The molecule has 19 nitrogen and oxygen atoms in total. The molecule has 1 aliphatic rings. The van der Waals surface area contributed by atoms with Crippen LogP contribution in [0.1, 0.15) is 68.5 Å². The predicted octanol–water partition coefficient (Wildman–Crippen LogP) is -3.90. The lowest BCUT2D eigenvalue weighted by Gasteiger charge is -2.35. The molecule has 3 rings (SSSR count). The number of ether oxygens (including phenoxy) is 2. The zero-order valence-electron chi connectivity index (χ0n) is 31.3. The minimum absolute atomic E-state index is 0.00328. The van der Waals surface area contributed by atoms with E-state index in [1.807, 2.05) is 0 Å². The van der Waals surface area contributed by atoms with Gasteiger partial charge >= 0.3 is 0 Å². The van der Waals surface area contributed by atoms with Gasteiger partial charge in [0.2, 0.25) is 5.95 Å². The average molecular weight is 761 g/mol. The lowest BCUT2D eigenvalue weighted by molar-refractivity contribution is -0.894. The Labute approximate surface area is 295 Å². The second-order valence-corrected chi connectivity index (χ2v) is 13.9.